The van der Waals surface area contributed by atoms with Crippen molar-refractivity contribution in [1.29, 1.82) is 0 Å². The predicted molar refractivity (Wildman–Crippen MR) is 113 cm³/mol. The Bertz CT molecular complexity index is 808. The number of benzene rings is 1. The summed E-state index contributed by atoms with van der Waals surface area (Å²) in [6.45, 7) is 10.3. The minimum atomic E-state index is 0.102. The van der Waals surface area contributed by atoms with Crippen molar-refractivity contribution in [2.75, 3.05) is 20.2 Å². The molecule has 6 heteroatoms. The zero-order valence-corrected chi connectivity index (χ0v) is 18.3. The average Bonchev–Trinajstić information content (AvgIpc) is 3.17. The lowest BCUT2D eigenvalue weighted by molar-refractivity contribution is -0.133. The Kier molecular flexibility index (Phi) is 6.60. The number of nitrogens with zero attached hydrogens (tertiary/aromatic N) is 3. The molecule has 1 amide bonds. The molecule has 0 unspecified atom stereocenters. The Balaban J connectivity index is 1.62. The van der Waals surface area contributed by atoms with E-state index in [4.69, 9.17) is 9.26 Å². The fourth-order valence-corrected chi connectivity index (χ4v) is 4.21. The van der Waals surface area contributed by atoms with Gasteiger partial charge in [-0.3, -0.25) is 4.79 Å². The SMILES string of the molecule is COc1ccc(-c2noc([C@H]3CCCN(C(=O)C[C@@H](C)CC(C)(C)C)C3)n2)cc1. The molecule has 0 aliphatic carbocycles. The highest BCUT2D eigenvalue weighted by molar-refractivity contribution is 5.76. The third-order valence-corrected chi connectivity index (χ3v) is 5.40. The van der Waals surface area contributed by atoms with E-state index < -0.39 is 0 Å². The van der Waals surface area contributed by atoms with Gasteiger partial charge in [-0.05, 0) is 54.9 Å². The number of carbonyl (C=O) groups excluding carboxylic acids is 1. The monoisotopic (exact) mass is 399 g/mol. The maximum atomic E-state index is 12.8. The van der Waals surface area contributed by atoms with Crippen LogP contribution in [0.2, 0.25) is 0 Å². The number of likely N-dealkylation sites (tertiary alicyclic amines) is 1. The average molecular weight is 400 g/mol. The Labute approximate surface area is 173 Å². The molecule has 0 bridgehead atoms. The molecule has 2 atom stereocenters. The van der Waals surface area contributed by atoms with Gasteiger partial charge in [0.15, 0.2) is 0 Å². The van der Waals surface area contributed by atoms with Crippen LogP contribution in [0.5, 0.6) is 5.75 Å². The van der Waals surface area contributed by atoms with Crippen LogP contribution in [-0.2, 0) is 4.79 Å². The molecule has 1 aromatic heterocycles. The minimum absolute atomic E-state index is 0.102. The first kappa shape index (κ1) is 21.3. The van der Waals surface area contributed by atoms with Crippen molar-refractivity contribution >= 4 is 5.91 Å². The van der Waals surface area contributed by atoms with Gasteiger partial charge < -0.3 is 14.2 Å². The van der Waals surface area contributed by atoms with Crippen LogP contribution >= 0.6 is 0 Å². The van der Waals surface area contributed by atoms with Gasteiger partial charge in [-0.1, -0.05) is 32.9 Å². The molecule has 2 aromatic rings. The van der Waals surface area contributed by atoms with Crippen LogP contribution < -0.4 is 4.74 Å². The topological polar surface area (TPSA) is 68.5 Å². The van der Waals surface area contributed by atoms with Crippen LogP contribution in [-0.4, -0.2) is 41.1 Å². The van der Waals surface area contributed by atoms with Crippen LogP contribution in [0.4, 0.5) is 0 Å². The molecule has 158 valence electrons. The predicted octanol–water partition coefficient (Wildman–Crippen LogP) is 4.91. The van der Waals surface area contributed by atoms with E-state index in [9.17, 15) is 4.79 Å². The number of carbonyl (C=O) groups is 1. The van der Waals surface area contributed by atoms with Crippen molar-refractivity contribution in [3.05, 3.63) is 30.2 Å². The number of ether oxygens (including phenoxy) is 1. The first-order valence-electron chi connectivity index (χ1n) is 10.5. The number of rotatable bonds is 6. The molecular formula is C23H33N3O3. The van der Waals surface area contributed by atoms with Crippen molar-refractivity contribution in [3.8, 4) is 17.1 Å². The molecule has 1 aliphatic heterocycles. The number of piperidine rings is 1. The quantitative estimate of drug-likeness (QED) is 0.690. The van der Waals surface area contributed by atoms with E-state index >= 15 is 0 Å². The molecule has 0 saturated carbocycles. The van der Waals surface area contributed by atoms with Crippen molar-refractivity contribution in [1.82, 2.24) is 15.0 Å². The van der Waals surface area contributed by atoms with Crippen molar-refractivity contribution in [3.63, 3.8) is 0 Å². The number of amides is 1. The van der Waals surface area contributed by atoms with E-state index in [-0.39, 0.29) is 17.2 Å². The molecule has 6 nitrogen and oxygen atoms in total. The standard InChI is InChI=1S/C23H33N3O3/c1-16(14-23(2,3)4)13-20(27)26-12-6-7-18(15-26)22-24-21(25-29-22)17-8-10-19(28-5)11-9-17/h8-11,16,18H,6-7,12-15H2,1-5H3/t16-,18+/m1/s1. The van der Waals surface area contributed by atoms with Gasteiger partial charge in [-0.15, -0.1) is 0 Å². The number of methoxy groups -OCH3 is 1. The molecular weight excluding hydrogens is 366 g/mol. The van der Waals surface area contributed by atoms with Gasteiger partial charge in [0.25, 0.3) is 0 Å². The molecule has 1 saturated heterocycles. The second-order valence-corrected chi connectivity index (χ2v) is 9.44. The summed E-state index contributed by atoms with van der Waals surface area (Å²) in [5, 5.41) is 4.15. The third-order valence-electron chi connectivity index (χ3n) is 5.40. The number of aromatic nitrogens is 2. The van der Waals surface area contributed by atoms with Crippen molar-refractivity contribution < 1.29 is 14.1 Å². The van der Waals surface area contributed by atoms with E-state index in [1.807, 2.05) is 29.2 Å². The highest BCUT2D eigenvalue weighted by Gasteiger charge is 2.29. The summed E-state index contributed by atoms with van der Waals surface area (Å²) >= 11 is 0. The van der Waals surface area contributed by atoms with Gasteiger partial charge in [0.1, 0.15) is 5.75 Å². The lowest BCUT2D eigenvalue weighted by atomic mass is 9.84. The number of hydrogen-bond donors (Lipinski definition) is 0. The summed E-state index contributed by atoms with van der Waals surface area (Å²) in [6, 6.07) is 7.60. The minimum Gasteiger partial charge on any atom is -0.497 e. The summed E-state index contributed by atoms with van der Waals surface area (Å²) in [7, 11) is 1.64. The van der Waals surface area contributed by atoms with Crippen molar-refractivity contribution in [2.24, 2.45) is 11.3 Å². The second kappa shape index (κ2) is 8.97. The summed E-state index contributed by atoms with van der Waals surface area (Å²) in [4.78, 5) is 19.4. The van der Waals surface area contributed by atoms with Crippen LogP contribution in [0.15, 0.2) is 28.8 Å². The Hall–Kier alpha value is -2.37. The van der Waals surface area contributed by atoms with E-state index in [1.54, 1.807) is 7.11 Å². The zero-order valence-electron chi connectivity index (χ0n) is 18.3. The van der Waals surface area contributed by atoms with E-state index in [0.717, 1.165) is 37.1 Å². The second-order valence-electron chi connectivity index (χ2n) is 9.44. The maximum absolute atomic E-state index is 12.8. The maximum Gasteiger partial charge on any atom is 0.231 e. The fraction of sp³-hybridized carbons (Fsp3) is 0.609. The highest BCUT2D eigenvalue weighted by Crippen LogP contribution is 2.30. The smallest absolute Gasteiger partial charge is 0.231 e. The van der Waals surface area contributed by atoms with Gasteiger partial charge in [0.05, 0.1) is 13.0 Å². The van der Waals surface area contributed by atoms with Gasteiger partial charge in [0, 0.05) is 25.1 Å². The molecule has 2 heterocycles. The van der Waals surface area contributed by atoms with Crippen LogP contribution in [0.1, 0.15) is 65.2 Å². The highest BCUT2D eigenvalue weighted by atomic mass is 16.5. The zero-order chi connectivity index (χ0) is 21.0. The third kappa shape index (κ3) is 5.81. The summed E-state index contributed by atoms with van der Waals surface area (Å²) in [6.07, 6.45) is 3.58. The number of hydrogen-bond acceptors (Lipinski definition) is 5. The molecule has 0 radical (unpaired) electrons. The Morgan fingerprint density at radius 3 is 2.69 bits per heavy atom. The molecule has 29 heavy (non-hydrogen) atoms. The van der Waals surface area contributed by atoms with Crippen LogP contribution in [0.25, 0.3) is 11.4 Å². The first-order chi connectivity index (χ1) is 13.7. The van der Waals surface area contributed by atoms with E-state index in [0.29, 0.717) is 30.6 Å². The van der Waals surface area contributed by atoms with E-state index in [1.165, 1.54) is 0 Å². The van der Waals surface area contributed by atoms with Crippen LogP contribution in [0.3, 0.4) is 0 Å². The Morgan fingerprint density at radius 1 is 1.31 bits per heavy atom. The largest absolute Gasteiger partial charge is 0.497 e. The summed E-state index contributed by atoms with van der Waals surface area (Å²) < 4.78 is 10.8. The normalized spacial score (nSPS) is 18.5. The van der Waals surface area contributed by atoms with E-state index in [2.05, 4.69) is 37.8 Å². The van der Waals surface area contributed by atoms with Gasteiger partial charge in [0.2, 0.25) is 17.6 Å². The van der Waals surface area contributed by atoms with Crippen molar-refractivity contribution in [2.45, 2.75) is 59.3 Å². The van der Waals surface area contributed by atoms with Gasteiger partial charge in [-0.2, -0.15) is 4.98 Å². The molecule has 1 aliphatic rings. The summed E-state index contributed by atoms with van der Waals surface area (Å²) in [5.74, 6) is 2.71. The lowest BCUT2D eigenvalue weighted by Gasteiger charge is -2.32. The molecule has 1 fully saturated rings. The lowest BCUT2D eigenvalue weighted by Crippen LogP contribution is -2.40. The summed E-state index contributed by atoms with van der Waals surface area (Å²) in [5.41, 5.74) is 1.13. The molecule has 1 aromatic carbocycles. The molecule has 0 N–H and O–H groups in total. The van der Waals surface area contributed by atoms with Gasteiger partial charge in [-0.25, -0.2) is 0 Å². The molecule has 0 spiro atoms. The molecule has 3 rings (SSSR count). The van der Waals surface area contributed by atoms with Crippen LogP contribution in [0, 0.1) is 11.3 Å². The fourth-order valence-electron chi connectivity index (χ4n) is 4.21. The Morgan fingerprint density at radius 2 is 2.03 bits per heavy atom. The first-order valence-corrected chi connectivity index (χ1v) is 10.5. The van der Waals surface area contributed by atoms with Gasteiger partial charge >= 0.3 is 0 Å².